The molecule has 0 heterocycles. The quantitative estimate of drug-likeness (QED) is 0.602. The van der Waals surface area contributed by atoms with Crippen LogP contribution in [0, 0.1) is 5.82 Å². The van der Waals surface area contributed by atoms with Crippen LogP contribution in [0.15, 0.2) is 23.1 Å². The zero-order valence-corrected chi connectivity index (χ0v) is 12.2. The van der Waals surface area contributed by atoms with Crippen LogP contribution in [0.3, 0.4) is 0 Å². The summed E-state index contributed by atoms with van der Waals surface area (Å²) in [5.74, 6) is -1.02. The van der Waals surface area contributed by atoms with Crippen molar-refractivity contribution in [3.05, 3.63) is 29.6 Å². The van der Waals surface area contributed by atoms with Crippen molar-refractivity contribution in [1.82, 2.24) is 0 Å². The third kappa shape index (κ3) is 3.68. The van der Waals surface area contributed by atoms with E-state index in [-0.39, 0.29) is 16.8 Å². The molecule has 0 aliphatic heterocycles. The minimum absolute atomic E-state index is 0.0533. The summed E-state index contributed by atoms with van der Waals surface area (Å²) >= 11 is 3.21. The van der Waals surface area contributed by atoms with Gasteiger partial charge in [0, 0.05) is 4.83 Å². The fourth-order valence-corrected chi connectivity index (χ4v) is 2.82. The Morgan fingerprint density at radius 3 is 2.37 bits per heavy atom. The van der Waals surface area contributed by atoms with Crippen molar-refractivity contribution in [1.29, 1.82) is 0 Å². The molecule has 108 valence electrons. The van der Waals surface area contributed by atoms with Crippen molar-refractivity contribution in [2.45, 2.75) is 35.0 Å². The van der Waals surface area contributed by atoms with Gasteiger partial charge in [-0.2, -0.15) is 13.2 Å². The van der Waals surface area contributed by atoms with Crippen LogP contribution < -0.4 is 0 Å². The van der Waals surface area contributed by atoms with Gasteiger partial charge >= 0.3 is 5.51 Å². The van der Waals surface area contributed by atoms with E-state index in [1.165, 1.54) is 0 Å². The molecule has 0 saturated heterocycles. The van der Waals surface area contributed by atoms with Crippen LogP contribution in [0.4, 0.5) is 17.6 Å². The van der Waals surface area contributed by atoms with E-state index in [4.69, 9.17) is 0 Å². The topological polar surface area (TPSA) is 34.1 Å². The molecular formula is C11H11BrF4O2S. The fourth-order valence-electron chi connectivity index (χ4n) is 1.45. The summed E-state index contributed by atoms with van der Waals surface area (Å²) < 4.78 is 73.4. The van der Waals surface area contributed by atoms with Crippen molar-refractivity contribution in [3.8, 4) is 0 Å². The normalized spacial score (nSPS) is 14.4. The molecule has 0 aliphatic carbocycles. The van der Waals surface area contributed by atoms with Crippen LogP contribution in [-0.2, 0) is 16.3 Å². The highest BCUT2D eigenvalue weighted by atomic mass is 79.9. The van der Waals surface area contributed by atoms with Crippen molar-refractivity contribution < 1.29 is 26.0 Å². The second-order valence-corrected chi connectivity index (χ2v) is 7.12. The largest absolute Gasteiger partial charge is 0.501 e. The zero-order chi connectivity index (χ0) is 14.8. The Morgan fingerprint density at radius 2 is 1.89 bits per heavy atom. The first-order valence-corrected chi connectivity index (χ1v) is 7.73. The lowest BCUT2D eigenvalue weighted by Crippen LogP contribution is -2.25. The molecule has 1 aromatic carbocycles. The van der Waals surface area contributed by atoms with Gasteiger partial charge < -0.3 is 0 Å². The number of hydrogen-bond donors (Lipinski definition) is 0. The molecule has 19 heavy (non-hydrogen) atoms. The standard InChI is InChI=1S/C11H11BrF4O2S/c1-2-8(12)5-7-3-4-9(13)6-10(7)19(17,18)11(14,15)16/h3-4,6,8H,2,5H2,1H3. The third-order valence-electron chi connectivity index (χ3n) is 2.51. The third-order valence-corrected chi connectivity index (χ3v) is 5.05. The fraction of sp³-hybridized carbons (Fsp3) is 0.455. The SMILES string of the molecule is CCC(Br)Cc1ccc(F)cc1S(=O)(=O)C(F)(F)F. The summed E-state index contributed by atoms with van der Waals surface area (Å²) in [6.45, 7) is 1.79. The Labute approximate surface area is 116 Å². The Kier molecular flexibility index (Phi) is 5.00. The van der Waals surface area contributed by atoms with Crippen LogP contribution in [-0.4, -0.2) is 18.8 Å². The van der Waals surface area contributed by atoms with Crippen molar-refractivity contribution >= 4 is 25.8 Å². The second-order valence-electron chi connectivity index (χ2n) is 3.91. The summed E-state index contributed by atoms with van der Waals surface area (Å²) in [5, 5.41) is 0. The maximum atomic E-state index is 13.0. The lowest BCUT2D eigenvalue weighted by Gasteiger charge is -2.14. The average Bonchev–Trinajstić information content (AvgIpc) is 2.29. The molecule has 0 amide bonds. The van der Waals surface area contributed by atoms with E-state index in [0.29, 0.717) is 12.5 Å². The molecule has 0 saturated carbocycles. The second kappa shape index (κ2) is 5.78. The molecule has 1 rings (SSSR count). The van der Waals surface area contributed by atoms with Gasteiger partial charge in [0.2, 0.25) is 0 Å². The van der Waals surface area contributed by atoms with Gasteiger partial charge in [0.25, 0.3) is 9.84 Å². The predicted molar refractivity (Wildman–Crippen MR) is 66.4 cm³/mol. The molecule has 0 aromatic heterocycles. The van der Waals surface area contributed by atoms with Crippen molar-refractivity contribution in [3.63, 3.8) is 0 Å². The summed E-state index contributed by atoms with van der Waals surface area (Å²) in [6.07, 6.45) is 0.671. The summed E-state index contributed by atoms with van der Waals surface area (Å²) in [4.78, 5) is -1.20. The van der Waals surface area contributed by atoms with Gasteiger partial charge in [-0.15, -0.1) is 0 Å². The molecule has 2 nitrogen and oxygen atoms in total. The van der Waals surface area contributed by atoms with Gasteiger partial charge in [0.05, 0.1) is 4.90 Å². The molecule has 0 aliphatic rings. The molecule has 0 radical (unpaired) electrons. The molecular weight excluding hydrogens is 352 g/mol. The van der Waals surface area contributed by atoms with Gasteiger partial charge in [-0.1, -0.05) is 28.9 Å². The molecule has 0 bridgehead atoms. The summed E-state index contributed by atoms with van der Waals surface area (Å²) in [7, 11) is -5.54. The Bertz CT molecular complexity index is 554. The Hall–Kier alpha value is -0.630. The predicted octanol–water partition coefficient (Wildman–Crippen LogP) is 3.84. The van der Waals surface area contributed by atoms with E-state index in [9.17, 15) is 26.0 Å². The first kappa shape index (κ1) is 16.4. The van der Waals surface area contributed by atoms with Gasteiger partial charge in [0.15, 0.2) is 0 Å². The average molecular weight is 363 g/mol. The monoisotopic (exact) mass is 362 g/mol. The van der Waals surface area contributed by atoms with Gasteiger partial charge in [-0.25, -0.2) is 12.8 Å². The minimum Gasteiger partial charge on any atom is -0.214 e. The van der Waals surface area contributed by atoms with Crippen molar-refractivity contribution in [2.75, 3.05) is 0 Å². The van der Waals surface area contributed by atoms with Crippen molar-refractivity contribution in [2.24, 2.45) is 0 Å². The van der Waals surface area contributed by atoms with E-state index in [1.807, 2.05) is 0 Å². The molecule has 0 N–H and O–H groups in total. The molecule has 1 aromatic rings. The lowest BCUT2D eigenvalue weighted by molar-refractivity contribution is -0.0436. The lowest BCUT2D eigenvalue weighted by atomic mass is 10.1. The minimum atomic E-state index is -5.54. The number of benzene rings is 1. The number of halogens is 5. The van der Waals surface area contributed by atoms with E-state index in [0.717, 1.165) is 12.1 Å². The van der Waals surface area contributed by atoms with Crippen LogP contribution in [0.5, 0.6) is 0 Å². The zero-order valence-electron chi connectivity index (χ0n) is 9.84. The van der Waals surface area contributed by atoms with E-state index >= 15 is 0 Å². The summed E-state index contributed by atoms with van der Waals surface area (Å²) in [5.41, 5.74) is -5.49. The maximum absolute atomic E-state index is 13.0. The van der Waals surface area contributed by atoms with Gasteiger partial charge in [-0.05, 0) is 30.5 Å². The van der Waals surface area contributed by atoms with Crippen LogP contribution in [0.2, 0.25) is 0 Å². The molecule has 1 unspecified atom stereocenters. The highest BCUT2D eigenvalue weighted by molar-refractivity contribution is 9.09. The van der Waals surface area contributed by atoms with Crippen LogP contribution >= 0.6 is 15.9 Å². The number of hydrogen-bond acceptors (Lipinski definition) is 2. The number of rotatable bonds is 4. The van der Waals surface area contributed by atoms with Gasteiger partial charge in [0.1, 0.15) is 5.82 Å². The van der Waals surface area contributed by atoms with Gasteiger partial charge in [-0.3, -0.25) is 0 Å². The first-order valence-electron chi connectivity index (χ1n) is 5.33. The Balaban J connectivity index is 3.37. The number of alkyl halides is 4. The first-order chi connectivity index (χ1) is 8.59. The molecule has 0 spiro atoms. The van der Waals surface area contributed by atoms with E-state index in [2.05, 4.69) is 15.9 Å². The Morgan fingerprint density at radius 1 is 1.32 bits per heavy atom. The summed E-state index contributed by atoms with van der Waals surface area (Å²) in [6, 6.07) is 2.42. The highest BCUT2D eigenvalue weighted by Crippen LogP contribution is 2.33. The highest BCUT2D eigenvalue weighted by Gasteiger charge is 2.48. The molecule has 0 fully saturated rings. The molecule has 1 atom stereocenters. The number of sulfone groups is 1. The van der Waals surface area contributed by atoms with E-state index < -0.39 is 26.1 Å². The molecule has 8 heteroatoms. The maximum Gasteiger partial charge on any atom is 0.501 e. The van der Waals surface area contributed by atoms with E-state index in [1.54, 1.807) is 6.92 Å². The van der Waals surface area contributed by atoms with Crippen LogP contribution in [0.1, 0.15) is 18.9 Å². The smallest absolute Gasteiger partial charge is 0.214 e. The van der Waals surface area contributed by atoms with Crippen LogP contribution in [0.25, 0.3) is 0 Å².